The molecule has 8 nitrogen and oxygen atoms in total. The smallest absolute Gasteiger partial charge is 0.240 e. The van der Waals surface area contributed by atoms with Gasteiger partial charge in [-0.25, -0.2) is 26.3 Å². The van der Waals surface area contributed by atoms with E-state index < -0.39 is 20.0 Å². The van der Waals surface area contributed by atoms with Crippen LogP contribution in [0.2, 0.25) is 0 Å². The van der Waals surface area contributed by atoms with E-state index in [4.69, 9.17) is 0 Å². The van der Waals surface area contributed by atoms with Gasteiger partial charge in [0.25, 0.3) is 0 Å². The van der Waals surface area contributed by atoms with E-state index in [1.54, 1.807) is 0 Å². The molecule has 1 saturated carbocycles. The lowest BCUT2D eigenvalue weighted by atomic mass is 10.1. The Morgan fingerprint density at radius 1 is 0.906 bits per heavy atom. The lowest BCUT2D eigenvalue weighted by molar-refractivity contribution is 0.577. The maximum absolute atomic E-state index is 12.7. The lowest BCUT2D eigenvalue weighted by Gasteiger charge is -2.10. The third-order valence-corrected chi connectivity index (χ3v) is 8.19. The van der Waals surface area contributed by atoms with E-state index in [0.717, 1.165) is 35.4 Å². The minimum Gasteiger partial charge on any atom is -0.265 e. The van der Waals surface area contributed by atoms with Gasteiger partial charge in [-0.2, -0.15) is 5.10 Å². The average Bonchev–Trinajstić information content (AvgIpc) is 3.49. The van der Waals surface area contributed by atoms with E-state index >= 15 is 0 Å². The van der Waals surface area contributed by atoms with Crippen molar-refractivity contribution >= 4 is 20.0 Å². The lowest BCUT2D eigenvalue weighted by Crippen LogP contribution is -2.26. The molecule has 2 aromatic carbocycles. The number of benzene rings is 2. The highest BCUT2D eigenvalue weighted by Crippen LogP contribution is 2.23. The Bertz CT molecular complexity index is 1330. The van der Waals surface area contributed by atoms with Crippen LogP contribution in [0.3, 0.4) is 0 Å². The van der Waals surface area contributed by atoms with Crippen LogP contribution in [0.25, 0.3) is 0 Å². The van der Waals surface area contributed by atoms with Gasteiger partial charge in [-0.05, 0) is 68.1 Å². The molecule has 10 heteroatoms. The first kappa shape index (κ1) is 22.7. The Labute approximate surface area is 188 Å². The largest absolute Gasteiger partial charge is 0.265 e. The molecule has 0 amide bonds. The van der Waals surface area contributed by atoms with Gasteiger partial charge in [-0.15, -0.1) is 0 Å². The second-order valence-electron chi connectivity index (χ2n) is 8.10. The molecular weight excluding hydrogens is 448 g/mol. The third kappa shape index (κ3) is 5.44. The fourth-order valence-electron chi connectivity index (χ4n) is 3.39. The van der Waals surface area contributed by atoms with Gasteiger partial charge in [0.15, 0.2) is 0 Å². The van der Waals surface area contributed by atoms with Crippen LogP contribution in [0.4, 0.5) is 0 Å². The van der Waals surface area contributed by atoms with Crippen LogP contribution in [0.5, 0.6) is 0 Å². The topological polar surface area (TPSA) is 110 Å². The maximum atomic E-state index is 12.7. The summed E-state index contributed by atoms with van der Waals surface area (Å²) in [5.41, 5.74) is 3.85. The van der Waals surface area contributed by atoms with Crippen molar-refractivity contribution in [3.8, 4) is 0 Å². The summed E-state index contributed by atoms with van der Waals surface area (Å²) in [7, 11) is -7.41. The predicted molar refractivity (Wildman–Crippen MR) is 121 cm³/mol. The first-order valence-electron chi connectivity index (χ1n) is 10.3. The fourth-order valence-corrected chi connectivity index (χ4v) is 5.72. The minimum absolute atomic E-state index is 0.0120. The van der Waals surface area contributed by atoms with E-state index in [1.807, 2.05) is 48.9 Å². The highest BCUT2D eigenvalue weighted by molar-refractivity contribution is 7.90. The monoisotopic (exact) mass is 474 g/mol. The molecule has 4 rings (SSSR count). The summed E-state index contributed by atoms with van der Waals surface area (Å²) in [5, 5.41) is 4.46. The summed E-state index contributed by atoms with van der Waals surface area (Å²) in [6.07, 6.45) is 1.66. The standard InChI is InChI=1S/C22H26N4O4S2/c1-16-12-17(2)26(24-16)15-19-5-3-4-18(13-19)14-23-31(27,28)21-8-10-22(11-9-21)32(29,30)25-20-6-7-20/h3-5,8-13,20,23,25H,6-7,14-15H2,1-2H3. The van der Waals surface area contributed by atoms with Crippen molar-refractivity contribution in [1.82, 2.24) is 19.2 Å². The van der Waals surface area contributed by atoms with Gasteiger partial charge in [0.05, 0.1) is 22.0 Å². The SMILES string of the molecule is Cc1cc(C)n(Cc2cccc(CNS(=O)(=O)c3ccc(S(=O)(=O)NC4CC4)cc3)c2)n1. The highest BCUT2D eigenvalue weighted by atomic mass is 32.2. The molecule has 1 fully saturated rings. The first-order chi connectivity index (χ1) is 15.1. The van der Waals surface area contributed by atoms with Gasteiger partial charge in [-0.1, -0.05) is 24.3 Å². The number of aryl methyl sites for hydroxylation is 2. The van der Waals surface area contributed by atoms with Gasteiger partial charge in [0.1, 0.15) is 0 Å². The molecule has 0 saturated heterocycles. The molecular formula is C22H26N4O4S2. The van der Waals surface area contributed by atoms with Gasteiger partial charge in [0, 0.05) is 18.3 Å². The molecule has 0 bridgehead atoms. The van der Waals surface area contributed by atoms with Crippen LogP contribution in [-0.4, -0.2) is 32.7 Å². The van der Waals surface area contributed by atoms with Crippen LogP contribution in [0.15, 0.2) is 64.4 Å². The Morgan fingerprint density at radius 3 is 2.12 bits per heavy atom. The molecule has 0 aliphatic heterocycles. The first-order valence-corrected chi connectivity index (χ1v) is 13.3. The molecule has 32 heavy (non-hydrogen) atoms. The molecule has 0 radical (unpaired) electrons. The number of sulfonamides is 2. The summed E-state index contributed by atoms with van der Waals surface area (Å²) in [4.78, 5) is 0.0712. The molecule has 2 N–H and O–H groups in total. The van der Waals surface area contributed by atoms with Gasteiger partial charge >= 0.3 is 0 Å². The molecule has 1 aliphatic carbocycles. The third-order valence-electron chi connectivity index (χ3n) is 5.24. The summed E-state index contributed by atoms with van der Waals surface area (Å²) < 4.78 is 57.0. The normalized spacial score (nSPS) is 14.6. The maximum Gasteiger partial charge on any atom is 0.240 e. The number of hydrogen-bond donors (Lipinski definition) is 2. The molecule has 170 valence electrons. The summed E-state index contributed by atoms with van der Waals surface area (Å²) in [6, 6.07) is 14.9. The second kappa shape index (κ2) is 8.78. The Hall–Kier alpha value is -2.53. The number of aromatic nitrogens is 2. The Morgan fingerprint density at radius 2 is 1.53 bits per heavy atom. The van der Waals surface area contributed by atoms with Crippen molar-refractivity contribution in [3.05, 3.63) is 77.1 Å². The number of rotatable bonds is 9. The van der Waals surface area contributed by atoms with Crippen molar-refractivity contribution in [3.63, 3.8) is 0 Å². The van der Waals surface area contributed by atoms with Crippen molar-refractivity contribution in [2.75, 3.05) is 0 Å². The predicted octanol–water partition coefficient (Wildman–Crippen LogP) is 2.47. The summed E-state index contributed by atoms with van der Waals surface area (Å²) >= 11 is 0. The zero-order valence-electron chi connectivity index (χ0n) is 17.9. The van der Waals surface area contributed by atoms with E-state index in [1.165, 1.54) is 24.3 Å². The highest BCUT2D eigenvalue weighted by Gasteiger charge is 2.28. The van der Waals surface area contributed by atoms with Crippen LogP contribution in [-0.2, 0) is 33.1 Å². The molecule has 1 aliphatic rings. The zero-order chi connectivity index (χ0) is 22.9. The van der Waals surface area contributed by atoms with Crippen LogP contribution in [0.1, 0.15) is 35.4 Å². The van der Waals surface area contributed by atoms with Crippen molar-refractivity contribution in [2.24, 2.45) is 0 Å². The van der Waals surface area contributed by atoms with Crippen LogP contribution < -0.4 is 9.44 Å². The minimum atomic E-state index is -3.79. The van der Waals surface area contributed by atoms with E-state index in [2.05, 4.69) is 14.5 Å². The van der Waals surface area contributed by atoms with E-state index in [0.29, 0.717) is 6.54 Å². The quantitative estimate of drug-likeness (QED) is 0.495. The summed E-state index contributed by atoms with van der Waals surface area (Å²) in [6.45, 7) is 4.67. The zero-order valence-corrected chi connectivity index (χ0v) is 19.6. The fraction of sp³-hybridized carbons (Fsp3) is 0.318. The van der Waals surface area contributed by atoms with Crippen molar-refractivity contribution in [1.29, 1.82) is 0 Å². The number of hydrogen-bond acceptors (Lipinski definition) is 5. The van der Waals surface area contributed by atoms with Crippen molar-refractivity contribution in [2.45, 2.75) is 55.6 Å². The Kier molecular flexibility index (Phi) is 6.22. The van der Waals surface area contributed by atoms with Crippen LogP contribution in [0, 0.1) is 13.8 Å². The molecule has 1 heterocycles. The molecule has 0 atom stereocenters. The molecule has 0 spiro atoms. The number of nitrogens with zero attached hydrogens (tertiary/aromatic N) is 2. The van der Waals surface area contributed by atoms with Gasteiger partial charge in [0.2, 0.25) is 20.0 Å². The van der Waals surface area contributed by atoms with E-state index in [-0.39, 0.29) is 22.4 Å². The molecule has 3 aromatic rings. The van der Waals surface area contributed by atoms with Crippen LogP contribution >= 0.6 is 0 Å². The number of nitrogens with one attached hydrogen (secondary N) is 2. The summed E-state index contributed by atoms with van der Waals surface area (Å²) in [5.74, 6) is 0. The molecule has 0 unspecified atom stereocenters. The van der Waals surface area contributed by atoms with Gasteiger partial charge in [-0.3, -0.25) is 4.68 Å². The molecule has 1 aromatic heterocycles. The average molecular weight is 475 g/mol. The van der Waals surface area contributed by atoms with Gasteiger partial charge < -0.3 is 0 Å². The van der Waals surface area contributed by atoms with Crippen molar-refractivity contribution < 1.29 is 16.8 Å². The Balaban J connectivity index is 1.42. The van der Waals surface area contributed by atoms with E-state index in [9.17, 15) is 16.8 Å². The second-order valence-corrected chi connectivity index (χ2v) is 11.6.